The van der Waals surface area contributed by atoms with E-state index in [-0.39, 0.29) is 24.8 Å². The SMILES string of the molecule is CCOC(=O)CCN1C(=O)/C(=C/c2c(Cl)cccc2Cl)SC1=S. The summed E-state index contributed by atoms with van der Waals surface area (Å²) in [5.74, 6) is -0.625. The molecule has 0 bridgehead atoms. The van der Waals surface area contributed by atoms with Crippen molar-refractivity contribution in [1.29, 1.82) is 0 Å². The normalized spacial score (nSPS) is 16.3. The number of rotatable bonds is 5. The van der Waals surface area contributed by atoms with Gasteiger partial charge in [-0.25, -0.2) is 0 Å². The first-order chi connectivity index (χ1) is 10.9. The minimum Gasteiger partial charge on any atom is -0.466 e. The molecule has 4 nitrogen and oxygen atoms in total. The van der Waals surface area contributed by atoms with Gasteiger partial charge in [0.25, 0.3) is 5.91 Å². The molecular formula is C15H13Cl2NO3S2. The molecule has 0 unspecified atom stereocenters. The number of amides is 1. The number of halogens is 2. The molecule has 8 heteroatoms. The Bertz CT molecular complexity index is 671. The lowest BCUT2D eigenvalue weighted by molar-refractivity contribution is -0.143. The predicted octanol–water partition coefficient (Wildman–Crippen LogP) is 4.15. The van der Waals surface area contributed by atoms with E-state index in [1.54, 1.807) is 31.2 Å². The van der Waals surface area contributed by atoms with Crippen LogP contribution in [0.5, 0.6) is 0 Å². The molecule has 23 heavy (non-hydrogen) atoms. The largest absolute Gasteiger partial charge is 0.466 e. The van der Waals surface area contributed by atoms with Gasteiger partial charge in [-0.1, -0.05) is 53.2 Å². The lowest BCUT2D eigenvalue weighted by atomic mass is 10.2. The number of carbonyl (C=O) groups is 2. The summed E-state index contributed by atoms with van der Waals surface area (Å²) >= 11 is 18.6. The van der Waals surface area contributed by atoms with Crippen LogP contribution in [0.3, 0.4) is 0 Å². The minimum absolute atomic E-state index is 0.0976. The third-order valence-electron chi connectivity index (χ3n) is 2.99. The molecule has 1 aromatic rings. The van der Waals surface area contributed by atoms with Crippen molar-refractivity contribution in [3.8, 4) is 0 Å². The highest BCUT2D eigenvalue weighted by molar-refractivity contribution is 8.26. The summed E-state index contributed by atoms with van der Waals surface area (Å²) in [5.41, 5.74) is 0.571. The summed E-state index contributed by atoms with van der Waals surface area (Å²) in [4.78, 5) is 25.6. The van der Waals surface area contributed by atoms with Crippen molar-refractivity contribution in [2.45, 2.75) is 13.3 Å². The van der Waals surface area contributed by atoms with E-state index in [1.807, 2.05) is 0 Å². The Balaban J connectivity index is 2.15. The van der Waals surface area contributed by atoms with Crippen LogP contribution < -0.4 is 0 Å². The van der Waals surface area contributed by atoms with Crippen LogP contribution in [-0.4, -0.2) is 34.2 Å². The van der Waals surface area contributed by atoms with Crippen LogP contribution in [0, 0.1) is 0 Å². The molecule has 1 aliphatic rings. The molecule has 0 atom stereocenters. The molecule has 1 aromatic carbocycles. The second-order valence-electron chi connectivity index (χ2n) is 4.52. The molecule has 0 radical (unpaired) electrons. The van der Waals surface area contributed by atoms with Gasteiger partial charge in [0.2, 0.25) is 0 Å². The Morgan fingerprint density at radius 1 is 1.39 bits per heavy atom. The average Bonchev–Trinajstić information content (AvgIpc) is 2.76. The molecule has 1 heterocycles. The van der Waals surface area contributed by atoms with E-state index >= 15 is 0 Å². The molecule has 0 saturated carbocycles. The highest BCUT2D eigenvalue weighted by Gasteiger charge is 2.32. The number of benzene rings is 1. The van der Waals surface area contributed by atoms with Crippen LogP contribution in [0.1, 0.15) is 18.9 Å². The van der Waals surface area contributed by atoms with Crippen LogP contribution in [0.4, 0.5) is 0 Å². The van der Waals surface area contributed by atoms with E-state index in [9.17, 15) is 9.59 Å². The van der Waals surface area contributed by atoms with Gasteiger partial charge in [0, 0.05) is 22.2 Å². The summed E-state index contributed by atoms with van der Waals surface area (Å²) in [6.07, 6.45) is 1.72. The van der Waals surface area contributed by atoms with Gasteiger partial charge in [-0.15, -0.1) is 0 Å². The number of nitrogens with zero attached hydrogens (tertiary/aromatic N) is 1. The van der Waals surface area contributed by atoms with Crippen molar-refractivity contribution >= 4 is 69.5 Å². The zero-order valence-electron chi connectivity index (χ0n) is 12.2. The molecule has 1 amide bonds. The Morgan fingerprint density at radius 2 is 2.04 bits per heavy atom. The number of ether oxygens (including phenoxy) is 1. The van der Waals surface area contributed by atoms with Crippen LogP contribution in [0.25, 0.3) is 6.08 Å². The standard InChI is InChI=1S/C15H13Cl2NO3S2/c1-2-21-13(19)6-7-18-14(20)12(23-15(18)22)8-9-10(16)4-3-5-11(9)17/h3-5,8H,2,6-7H2,1H3/b12-8-. The van der Waals surface area contributed by atoms with Gasteiger partial charge in [-0.05, 0) is 25.1 Å². The lowest BCUT2D eigenvalue weighted by Crippen LogP contribution is -2.30. The predicted molar refractivity (Wildman–Crippen MR) is 97.6 cm³/mol. The maximum absolute atomic E-state index is 12.4. The monoisotopic (exact) mass is 389 g/mol. The van der Waals surface area contributed by atoms with Crippen molar-refractivity contribution in [2.75, 3.05) is 13.2 Å². The van der Waals surface area contributed by atoms with E-state index in [0.29, 0.717) is 31.4 Å². The summed E-state index contributed by atoms with van der Waals surface area (Å²) in [5, 5.41) is 0.906. The van der Waals surface area contributed by atoms with Crippen LogP contribution >= 0.6 is 47.2 Å². The van der Waals surface area contributed by atoms with E-state index in [0.717, 1.165) is 11.8 Å². The van der Waals surface area contributed by atoms with Crippen molar-refractivity contribution < 1.29 is 14.3 Å². The summed E-state index contributed by atoms with van der Waals surface area (Å²) < 4.78 is 5.25. The molecule has 122 valence electrons. The zero-order valence-corrected chi connectivity index (χ0v) is 15.3. The van der Waals surface area contributed by atoms with Gasteiger partial charge in [0.05, 0.1) is 17.9 Å². The van der Waals surface area contributed by atoms with Gasteiger partial charge in [-0.3, -0.25) is 14.5 Å². The molecule has 2 rings (SSSR count). The highest BCUT2D eigenvalue weighted by atomic mass is 35.5. The number of hydrogen-bond acceptors (Lipinski definition) is 5. The number of thioether (sulfide) groups is 1. The average molecular weight is 390 g/mol. The molecule has 1 fully saturated rings. The van der Waals surface area contributed by atoms with Gasteiger partial charge < -0.3 is 4.74 Å². The molecule has 0 aromatic heterocycles. The van der Waals surface area contributed by atoms with Crippen molar-refractivity contribution in [1.82, 2.24) is 4.90 Å². The smallest absolute Gasteiger partial charge is 0.307 e. The second-order valence-corrected chi connectivity index (χ2v) is 7.01. The Morgan fingerprint density at radius 3 is 2.65 bits per heavy atom. The number of thiocarbonyl (C=S) groups is 1. The first-order valence-electron chi connectivity index (χ1n) is 6.79. The van der Waals surface area contributed by atoms with Gasteiger partial charge >= 0.3 is 5.97 Å². The topological polar surface area (TPSA) is 46.6 Å². The molecular weight excluding hydrogens is 377 g/mol. The first-order valence-corrected chi connectivity index (χ1v) is 8.77. The van der Waals surface area contributed by atoms with E-state index in [1.165, 1.54) is 4.90 Å². The quantitative estimate of drug-likeness (QED) is 0.430. The van der Waals surface area contributed by atoms with Crippen molar-refractivity contribution in [3.63, 3.8) is 0 Å². The Kier molecular flexibility index (Phi) is 6.47. The maximum Gasteiger partial charge on any atom is 0.307 e. The van der Waals surface area contributed by atoms with E-state index in [4.69, 9.17) is 40.2 Å². The fraction of sp³-hybridized carbons (Fsp3) is 0.267. The second kappa shape index (κ2) is 8.15. The maximum atomic E-state index is 12.4. The molecule has 0 aliphatic carbocycles. The third-order valence-corrected chi connectivity index (χ3v) is 5.03. The Hall–Kier alpha value is -1.08. The Labute approximate surface area is 153 Å². The van der Waals surface area contributed by atoms with Gasteiger partial charge in [-0.2, -0.15) is 0 Å². The van der Waals surface area contributed by atoms with Gasteiger partial charge in [0.1, 0.15) is 4.32 Å². The lowest BCUT2D eigenvalue weighted by Gasteiger charge is -2.13. The molecule has 1 saturated heterocycles. The molecule has 0 N–H and O–H groups in total. The minimum atomic E-state index is -0.361. The fourth-order valence-corrected chi connectivity index (χ4v) is 3.71. The third kappa shape index (κ3) is 4.47. The van der Waals surface area contributed by atoms with E-state index < -0.39 is 0 Å². The highest BCUT2D eigenvalue weighted by Crippen LogP contribution is 2.35. The molecule has 0 spiro atoms. The number of hydrogen-bond donors (Lipinski definition) is 0. The van der Waals surface area contributed by atoms with Crippen LogP contribution in [-0.2, 0) is 14.3 Å². The van der Waals surface area contributed by atoms with Crippen molar-refractivity contribution in [2.24, 2.45) is 0 Å². The number of carbonyl (C=O) groups excluding carboxylic acids is 2. The van der Waals surface area contributed by atoms with Gasteiger partial charge in [0.15, 0.2) is 0 Å². The van der Waals surface area contributed by atoms with Crippen molar-refractivity contribution in [3.05, 3.63) is 38.7 Å². The fourth-order valence-electron chi connectivity index (χ4n) is 1.91. The van der Waals surface area contributed by atoms with E-state index in [2.05, 4.69) is 0 Å². The van der Waals surface area contributed by atoms with Crippen LogP contribution in [0.2, 0.25) is 10.0 Å². The summed E-state index contributed by atoms with van der Waals surface area (Å²) in [6, 6.07) is 5.12. The zero-order chi connectivity index (χ0) is 17.0. The molecule has 1 aliphatic heterocycles. The first kappa shape index (κ1) is 18.3. The number of esters is 1. The van der Waals surface area contributed by atoms with Crippen LogP contribution in [0.15, 0.2) is 23.1 Å². The summed E-state index contributed by atoms with van der Waals surface area (Å²) in [6.45, 7) is 2.23. The summed E-state index contributed by atoms with van der Waals surface area (Å²) in [7, 11) is 0.